The van der Waals surface area contributed by atoms with Crippen molar-refractivity contribution in [1.29, 1.82) is 0 Å². The highest BCUT2D eigenvalue weighted by Gasteiger charge is 2.36. The zero-order valence-corrected chi connectivity index (χ0v) is 14.4. The van der Waals surface area contributed by atoms with Gasteiger partial charge >= 0.3 is 5.97 Å². The number of rotatable bonds is 13. The van der Waals surface area contributed by atoms with Crippen LogP contribution in [-0.2, 0) is 4.79 Å². The molecule has 23 heavy (non-hydrogen) atoms. The first-order valence-electron chi connectivity index (χ1n) is 8.83. The van der Waals surface area contributed by atoms with Gasteiger partial charge in [-0.15, -0.1) is 0 Å². The molecule has 0 aromatic rings. The van der Waals surface area contributed by atoms with Crippen LogP contribution in [0.1, 0.15) is 58.3 Å². The number of allylic oxidation sites excluding steroid dienone is 2. The third-order valence-corrected chi connectivity index (χ3v) is 4.21. The first kappa shape index (κ1) is 19.6. The van der Waals surface area contributed by atoms with Crippen LogP contribution in [0.15, 0.2) is 29.5 Å². The lowest BCUT2D eigenvalue weighted by molar-refractivity contribution is -0.778. The van der Waals surface area contributed by atoms with E-state index in [2.05, 4.69) is 24.1 Å². The molecule has 1 aliphatic rings. The lowest BCUT2D eigenvalue weighted by Gasteiger charge is -2.30. The van der Waals surface area contributed by atoms with Crippen molar-refractivity contribution in [3.8, 4) is 0 Å². The van der Waals surface area contributed by atoms with Gasteiger partial charge in [-0.3, -0.25) is 0 Å². The molecule has 1 unspecified atom stereocenters. The van der Waals surface area contributed by atoms with E-state index in [0.717, 1.165) is 25.1 Å². The fraction of sp³-hybridized carbons (Fsp3) is 0.667. The Kier molecular flexibility index (Phi) is 9.48. The van der Waals surface area contributed by atoms with Gasteiger partial charge in [-0.1, -0.05) is 44.8 Å². The van der Waals surface area contributed by atoms with E-state index < -0.39 is 5.97 Å². The maximum Gasteiger partial charge on any atom is 0.360 e. The highest BCUT2D eigenvalue weighted by Crippen LogP contribution is 2.20. The molecule has 0 aromatic heterocycles. The van der Waals surface area contributed by atoms with Crippen molar-refractivity contribution in [3.63, 3.8) is 0 Å². The summed E-state index contributed by atoms with van der Waals surface area (Å²) in [7, 11) is 0. The van der Waals surface area contributed by atoms with E-state index in [-0.39, 0.29) is 11.0 Å². The summed E-state index contributed by atoms with van der Waals surface area (Å²) in [5, 5.41) is 9.15. The summed E-state index contributed by atoms with van der Waals surface area (Å²) in [6.07, 6.45) is 17.3. The molecule has 5 nitrogen and oxygen atoms in total. The molecule has 1 aliphatic heterocycles. The summed E-state index contributed by atoms with van der Waals surface area (Å²) in [6.45, 7) is 3.29. The van der Waals surface area contributed by atoms with E-state index in [9.17, 15) is 4.79 Å². The predicted molar refractivity (Wildman–Crippen MR) is 95.0 cm³/mol. The molecule has 1 rings (SSSR count). The number of carboxylic acid groups (broad SMARTS) is 1. The van der Waals surface area contributed by atoms with Crippen LogP contribution in [0.3, 0.4) is 0 Å². The van der Waals surface area contributed by atoms with Gasteiger partial charge in [0.25, 0.3) is 0 Å². The number of amidine groups is 1. The third-order valence-electron chi connectivity index (χ3n) is 4.21. The van der Waals surface area contributed by atoms with Crippen molar-refractivity contribution in [2.24, 2.45) is 10.7 Å². The summed E-state index contributed by atoms with van der Waals surface area (Å²) in [5.74, 6) is 0.0887. The van der Waals surface area contributed by atoms with E-state index in [1.807, 2.05) is 6.20 Å². The molecule has 1 atom stereocenters. The number of hydrogen-bond donors (Lipinski definition) is 2. The second-order valence-electron chi connectivity index (χ2n) is 6.15. The zero-order valence-electron chi connectivity index (χ0n) is 14.4. The van der Waals surface area contributed by atoms with E-state index in [1.54, 1.807) is 6.20 Å². The SMILES string of the molecule is CCCCCCC/C=C/CCC1=NC=C[N+]1(CCN)CC(=O)O. The molecule has 0 saturated heterocycles. The molecule has 1 heterocycles. The van der Waals surface area contributed by atoms with Crippen molar-refractivity contribution < 1.29 is 14.4 Å². The topological polar surface area (TPSA) is 75.7 Å². The van der Waals surface area contributed by atoms with E-state index in [4.69, 9.17) is 10.8 Å². The van der Waals surface area contributed by atoms with E-state index >= 15 is 0 Å². The fourth-order valence-corrected chi connectivity index (χ4v) is 2.95. The molecule has 0 spiro atoms. The van der Waals surface area contributed by atoms with Gasteiger partial charge < -0.3 is 10.8 Å². The number of unbranched alkanes of at least 4 members (excludes halogenated alkanes) is 5. The number of nitrogens with two attached hydrogens (primary N) is 1. The van der Waals surface area contributed by atoms with E-state index in [1.165, 1.54) is 32.1 Å². The molecular formula is C18H32N3O2+. The van der Waals surface area contributed by atoms with Crippen LogP contribution in [-0.4, -0.2) is 41.0 Å². The second-order valence-corrected chi connectivity index (χ2v) is 6.15. The minimum absolute atomic E-state index is 0.0215. The third kappa shape index (κ3) is 7.10. The normalized spacial score (nSPS) is 20.3. The van der Waals surface area contributed by atoms with Crippen molar-refractivity contribution >= 4 is 11.8 Å². The first-order chi connectivity index (χ1) is 11.1. The summed E-state index contributed by atoms with van der Waals surface area (Å²) in [6, 6.07) is 0. The summed E-state index contributed by atoms with van der Waals surface area (Å²) >= 11 is 0. The van der Waals surface area contributed by atoms with Crippen LogP contribution in [0.25, 0.3) is 0 Å². The number of quaternary nitrogens is 1. The lowest BCUT2D eigenvalue weighted by atomic mass is 10.1. The molecule has 0 aromatic carbocycles. The summed E-state index contributed by atoms with van der Waals surface area (Å²) < 4.78 is 0.274. The van der Waals surface area contributed by atoms with Crippen molar-refractivity contribution in [1.82, 2.24) is 0 Å². The smallest absolute Gasteiger partial charge is 0.360 e. The molecule has 0 radical (unpaired) electrons. The Morgan fingerprint density at radius 2 is 2.00 bits per heavy atom. The quantitative estimate of drug-likeness (QED) is 0.310. The number of aliphatic imine (C=N–C) groups is 1. The second kappa shape index (κ2) is 11.1. The van der Waals surface area contributed by atoms with Gasteiger partial charge in [-0.2, -0.15) is 0 Å². The van der Waals surface area contributed by atoms with Crippen LogP contribution < -0.4 is 5.73 Å². The Bertz CT molecular complexity index is 444. The standard InChI is InChI=1S/C18H31N3O2/c1-2-3-4-5-6-7-8-9-10-11-17-20-13-15-21(17,14-12-19)16-18(22)23/h8-9,13,15H,2-7,10-12,14,16,19H2,1H3/p+1/b9-8+. The Hall–Kier alpha value is -1.46. The molecule has 0 aliphatic carbocycles. The molecule has 0 saturated carbocycles. The van der Waals surface area contributed by atoms with Crippen LogP contribution >= 0.6 is 0 Å². The predicted octanol–water partition coefficient (Wildman–Crippen LogP) is 3.43. The molecule has 0 amide bonds. The summed E-state index contributed by atoms with van der Waals surface area (Å²) in [4.78, 5) is 15.5. The minimum atomic E-state index is -0.819. The van der Waals surface area contributed by atoms with Gasteiger partial charge in [0.1, 0.15) is 12.7 Å². The Balaban J connectivity index is 2.34. The average molecular weight is 322 g/mol. The Morgan fingerprint density at radius 3 is 2.70 bits per heavy atom. The fourth-order valence-electron chi connectivity index (χ4n) is 2.95. The molecule has 130 valence electrons. The van der Waals surface area contributed by atoms with Gasteiger partial charge in [0, 0.05) is 13.0 Å². The van der Waals surface area contributed by atoms with Crippen LogP contribution in [0, 0.1) is 0 Å². The Labute approximate surface area is 140 Å². The number of nitrogens with zero attached hydrogens (tertiary/aromatic N) is 2. The lowest BCUT2D eigenvalue weighted by Crippen LogP contribution is -2.52. The summed E-state index contributed by atoms with van der Waals surface area (Å²) in [5.41, 5.74) is 5.66. The monoisotopic (exact) mass is 322 g/mol. The zero-order chi connectivity index (χ0) is 17.0. The van der Waals surface area contributed by atoms with Crippen LogP contribution in [0.5, 0.6) is 0 Å². The molecule has 5 heteroatoms. The van der Waals surface area contributed by atoms with Crippen molar-refractivity contribution in [2.45, 2.75) is 58.3 Å². The molecule has 3 N–H and O–H groups in total. The van der Waals surface area contributed by atoms with Gasteiger partial charge in [-0.05, 0) is 19.3 Å². The molecule has 0 fully saturated rings. The van der Waals surface area contributed by atoms with Gasteiger partial charge in [0.2, 0.25) is 5.84 Å². The van der Waals surface area contributed by atoms with Gasteiger partial charge in [0.15, 0.2) is 6.54 Å². The maximum atomic E-state index is 11.1. The van der Waals surface area contributed by atoms with Crippen LogP contribution in [0.2, 0.25) is 0 Å². The Morgan fingerprint density at radius 1 is 1.26 bits per heavy atom. The number of hydrogen-bond acceptors (Lipinski definition) is 3. The van der Waals surface area contributed by atoms with Crippen LogP contribution in [0.4, 0.5) is 0 Å². The average Bonchev–Trinajstić information content (AvgIpc) is 2.87. The van der Waals surface area contributed by atoms with Crippen molar-refractivity contribution in [3.05, 3.63) is 24.6 Å². The number of carboxylic acids is 1. The van der Waals surface area contributed by atoms with Gasteiger partial charge in [0.05, 0.1) is 6.20 Å². The maximum absolute atomic E-state index is 11.1. The first-order valence-corrected chi connectivity index (χ1v) is 8.83. The largest absolute Gasteiger partial charge is 0.477 e. The highest BCUT2D eigenvalue weighted by molar-refractivity contribution is 5.81. The highest BCUT2D eigenvalue weighted by atomic mass is 16.4. The molecular weight excluding hydrogens is 290 g/mol. The minimum Gasteiger partial charge on any atom is -0.477 e. The number of carbonyl (C=O) groups is 1. The van der Waals surface area contributed by atoms with Gasteiger partial charge in [-0.25, -0.2) is 14.3 Å². The van der Waals surface area contributed by atoms with E-state index in [0.29, 0.717) is 13.1 Å². The number of aliphatic carboxylic acids is 1. The van der Waals surface area contributed by atoms with Crippen molar-refractivity contribution in [2.75, 3.05) is 19.6 Å². The molecule has 0 bridgehead atoms.